The van der Waals surface area contributed by atoms with Crippen molar-refractivity contribution in [3.05, 3.63) is 88.7 Å². The van der Waals surface area contributed by atoms with Crippen molar-refractivity contribution in [2.45, 2.75) is 23.8 Å². The number of sulfonamides is 1. The van der Waals surface area contributed by atoms with Crippen molar-refractivity contribution in [1.29, 1.82) is 0 Å². The van der Waals surface area contributed by atoms with Gasteiger partial charge in [0, 0.05) is 35.0 Å². The molecule has 3 aromatic rings. The van der Waals surface area contributed by atoms with Gasteiger partial charge >= 0.3 is 0 Å². The van der Waals surface area contributed by atoms with Gasteiger partial charge in [-0.1, -0.05) is 34.1 Å². The van der Waals surface area contributed by atoms with Crippen LogP contribution in [0, 0.1) is 5.92 Å². The van der Waals surface area contributed by atoms with Gasteiger partial charge in [0.2, 0.25) is 15.9 Å². The zero-order chi connectivity index (χ0) is 21.1. The first kappa shape index (κ1) is 20.7. The van der Waals surface area contributed by atoms with Gasteiger partial charge in [0.05, 0.1) is 4.90 Å². The van der Waals surface area contributed by atoms with Crippen molar-refractivity contribution in [3.63, 3.8) is 0 Å². The summed E-state index contributed by atoms with van der Waals surface area (Å²) in [5, 5.41) is 2.87. The molecule has 1 aliphatic carbocycles. The molecule has 6 nitrogen and oxygen atoms in total. The topological polar surface area (TPSA) is 88.2 Å². The SMILES string of the molecule is O=C(Nc1ccc(S(=O)(=O)NCc2ccccc2Br)cc1)C1CC1c1ccncc1. The molecule has 1 amide bonds. The van der Waals surface area contributed by atoms with E-state index < -0.39 is 10.0 Å². The number of anilines is 1. The molecule has 1 heterocycles. The number of carbonyl (C=O) groups excluding carboxylic acids is 1. The van der Waals surface area contributed by atoms with Gasteiger partial charge < -0.3 is 5.32 Å². The second-order valence-corrected chi connectivity index (χ2v) is 9.78. The molecule has 1 aromatic heterocycles. The molecule has 2 aromatic carbocycles. The first-order valence-electron chi connectivity index (χ1n) is 9.48. The van der Waals surface area contributed by atoms with Gasteiger partial charge in [-0.15, -0.1) is 0 Å². The molecular formula is C22H20BrN3O3S. The van der Waals surface area contributed by atoms with Gasteiger partial charge in [-0.05, 0) is 65.9 Å². The predicted octanol–water partition coefficient (Wildman–Crippen LogP) is 4.06. The monoisotopic (exact) mass is 485 g/mol. The summed E-state index contributed by atoms with van der Waals surface area (Å²) in [5.41, 5.74) is 2.53. The largest absolute Gasteiger partial charge is 0.326 e. The molecule has 0 saturated heterocycles. The Morgan fingerprint density at radius 2 is 1.73 bits per heavy atom. The number of rotatable bonds is 7. The summed E-state index contributed by atoms with van der Waals surface area (Å²) >= 11 is 3.41. The molecule has 0 aliphatic heterocycles. The average Bonchev–Trinajstić information content (AvgIpc) is 3.55. The third-order valence-corrected chi connectivity index (χ3v) is 7.29. The molecule has 30 heavy (non-hydrogen) atoms. The minimum atomic E-state index is -3.66. The fraction of sp³-hybridized carbons (Fsp3) is 0.182. The van der Waals surface area contributed by atoms with Gasteiger partial charge in [-0.25, -0.2) is 13.1 Å². The molecule has 4 rings (SSSR count). The lowest BCUT2D eigenvalue weighted by Crippen LogP contribution is -2.23. The van der Waals surface area contributed by atoms with Crippen LogP contribution in [0.15, 0.2) is 82.4 Å². The van der Waals surface area contributed by atoms with E-state index in [2.05, 4.69) is 31.0 Å². The van der Waals surface area contributed by atoms with Crippen LogP contribution in [0.3, 0.4) is 0 Å². The molecule has 1 saturated carbocycles. The average molecular weight is 486 g/mol. The van der Waals surface area contributed by atoms with E-state index in [1.165, 1.54) is 12.1 Å². The Bertz CT molecular complexity index is 1150. The van der Waals surface area contributed by atoms with Crippen molar-refractivity contribution < 1.29 is 13.2 Å². The molecule has 2 N–H and O–H groups in total. The summed E-state index contributed by atoms with van der Waals surface area (Å²) in [6, 6.07) is 17.5. The molecule has 2 unspecified atom stereocenters. The lowest BCUT2D eigenvalue weighted by atomic mass is 10.1. The smallest absolute Gasteiger partial charge is 0.240 e. The minimum Gasteiger partial charge on any atom is -0.326 e. The lowest BCUT2D eigenvalue weighted by Gasteiger charge is -2.10. The molecule has 0 radical (unpaired) electrons. The third-order valence-electron chi connectivity index (χ3n) is 5.10. The van der Waals surface area contributed by atoms with Crippen LogP contribution in [0.5, 0.6) is 0 Å². The molecule has 1 fully saturated rings. The number of nitrogens with one attached hydrogen (secondary N) is 2. The van der Waals surface area contributed by atoms with E-state index in [0.29, 0.717) is 5.69 Å². The number of halogens is 1. The fourth-order valence-electron chi connectivity index (χ4n) is 3.31. The van der Waals surface area contributed by atoms with Crippen LogP contribution < -0.4 is 10.0 Å². The second-order valence-electron chi connectivity index (χ2n) is 7.16. The third kappa shape index (κ3) is 4.77. The van der Waals surface area contributed by atoms with Gasteiger partial charge in [-0.2, -0.15) is 0 Å². The molecular weight excluding hydrogens is 466 g/mol. The Balaban J connectivity index is 1.35. The molecule has 2 atom stereocenters. The van der Waals surface area contributed by atoms with Crippen molar-refractivity contribution in [3.8, 4) is 0 Å². The molecule has 0 bridgehead atoms. The summed E-state index contributed by atoms with van der Waals surface area (Å²) in [6.07, 6.45) is 4.26. The summed E-state index contributed by atoms with van der Waals surface area (Å²) < 4.78 is 28.5. The highest BCUT2D eigenvalue weighted by Crippen LogP contribution is 2.47. The van der Waals surface area contributed by atoms with Crippen molar-refractivity contribution in [1.82, 2.24) is 9.71 Å². The number of carbonyl (C=O) groups is 1. The first-order valence-corrected chi connectivity index (χ1v) is 11.8. The second kappa shape index (κ2) is 8.67. The standard InChI is InChI=1S/C22H20BrN3O3S/c23-21-4-2-1-3-16(21)14-25-30(28,29)18-7-5-17(6-8-18)26-22(27)20-13-19(20)15-9-11-24-12-10-15/h1-12,19-20,25H,13-14H2,(H,26,27). The maximum atomic E-state index is 12.5. The van der Waals surface area contributed by atoms with E-state index in [9.17, 15) is 13.2 Å². The minimum absolute atomic E-state index is 0.0560. The summed E-state index contributed by atoms with van der Waals surface area (Å²) in [7, 11) is -3.66. The van der Waals surface area contributed by atoms with Crippen LogP contribution >= 0.6 is 15.9 Å². The number of amides is 1. The Labute approximate surface area is 183 Å². The summed E-state index contributed by atoms with van der Waals surface area (Å²) in [6.45, 7) is 0.181. The number of aromatic nitrogens is 1. The van der Waals surface area contributed by atoms with E-state index >= 15 is 0 Å². The lowest BCUT2D eigenvalue weighted by molar-refractivity contribution is -0.117. The number of hydrogen-bond acceptors (Lipinski definition) is 4. The highest BCUT2D eigenvalue weighted by atomic mass is 79.9. The first-order chi connectivity index (χ1) is 14.4. The van der Waals surface area contributed by atoms with Crippen LogP contribution in [-0.4, -0.2) is 19.3 Å². The van der Waals surface area contributed by atoms with Gasteiger partial charge in [0.25, 0.3) is 0 Å². The summed E-state index contributed by atoms with van der Waals surface area (Å²) in [5.74, 6) is 0.0930. The molecule has 1 aliphatic rings. The Morgan fingerprint density at radius 3 is 2.43 bits per heavy atom. The maximum Gasteiger partial charge on any atom is 0.240 e. The van der Waals surface area contributed by atoms with Gasteiger partial charge in [-0.3, -0.25) is 9.78 Å². The number of benzene rings is 2. The maximum absolute atomic E-state index is 12.5. The summed E-state index contributed by atoms with van der Waals surface area (Å²) in [4.78, 5) is 16.6. The number of hydrogen-bond donors (Lipinski definition) is 2. The van der Waals surface area contributed by atoms with E-state index in [-0.39, 0.29) is 29.2 Å². The van der Waals surface area contributed by atoms with E-state index in [1.807, 2.05) is 36.4 Å². The highest BCUT2D eigenvalue weighted by Gasteiger charge is 2.43. The molecule has 154 valence electrons. The Morgan fingerprint density at radius 1 is 1.03 bits per heavy atom. The van der Waals surface area contributed by atoms with Gasteiger partial charge in [0.1, 0.15) is 0 Å². The van der Waals surface area contributed by atoms with Crippen LogP contribution in [0.1, 0.15) is 23.5 Å². The van der Waals surface area contributed by atoms with Crippen LogP contribution in [0.4, 0.5) is 5.69 Å². The van der Waals surface area contributed by atoms with Crippen LogP contribution in [0.25, 0.3) is 0 Å². The Kier molecular flexibility index (Phi) is 5.99. The van der Waals surface area contributed by atoms with E-state index in [4.69, 9.17) is 0 Å². The normalized spacial score (nSPS) is 18.0. The van der Waals surface area contributed by atoms with Crippen molar-refractivity contribution in [2.24, 2.45) is 5.92 Å². The van der Waals surface area contributed by atoms with Crippen LogP contribution in [0.2, 0.25) is 0 Å². The molecule has 8 heteroatoms. The van der Waals surface area contributed by atoms with E-state index in [0.717, 1.165) is 22.0 Å². The predicted molar refractivity (Wildman–Crippen MR) is 118 cm³/mol. The molecule has 0 spiro atoms. The fourth-order valence-corrected chi connectivity index (χ4v) is 4.75. The number of pyridine rings is 1. The number of nitrogens with zero attached hydrogens (tertiary/aromatic N) is 1. The van der Waals surface area contributed by atoms with Crippen molar-refractivity contribution >= 4 is 37.5 Å². The van der Waals surface area contributed by atoms with Gasteiger partial charge in [0.15, 0.2) is 0 Å². The van der Waals surface area contributed by atoms with Crippen molar-refractivity contribution in [2.75, 3.05) is 5.32 Å². The van der Waals surface area contributed by atoms with Crippen LogP contribution in [-0.2, 0) is 21.4 Å². The quantitative estimate of drug-likeness (QED) is 0.527. The Hall–Kier alpha value is -2.55. The zero-order valence-corrected chi connectivity index (χ0v) is 18.4. The zero-order valence-electron chi connectivity index (χ0n) is 16.0. The highest BCUT2D eigenvalue weighted by molar-refractivity contribution is 9.10. The van der Waals surface area contributed by atoms with E-state index in [1.54, 1.807) is 24.5 Å².